The fourth-order valence-electron chi connectivity index (χ4n) is 4.25. The zero-order valence-electron chi connectivity index (χ0n) is 14.1. The van der Waals surface area contributed by atoms with Gasteiger partial charge in [0.1, 0.15) is 5.82 Å². The van der Waals surface area contributed by atoms with Crippen molar-refractivity contribution in [3.8, 4) is 0 Å². The van der Waals surface area contributed by atoms with Gasteiger partial charge in [0, 0.05) is 31.6 Å². The standard InChI is InChI=1S/C18H23FN2O3S/c19-15-6-1-3-13(9-15)10-20-7-8-21(18(22)14-4-2-5-14)17-12-25(23,24)11-16(17)20/h1,3,6,9,14,16-17H,2,4-5,7-8,10-12H2/t16-,17+/m1/s1. The highest BCUT2D eigenvalue weighted by Gasteiger charge is 2.49. The quantitative estimate of drug-likeness (QED) is 0.812. The average Bonchev–Trinajstić information content (AvgIpc) is 2.81. The first-order chi connectivity index (χ1) is 11.9. The Morgan fingerprint density at radius 2 is 1.92 bits per heavy atom. The van der Waals surface area contributed by atoms with E-state index in [4.69, 9.17) is 0 Å². The maximum absolute atomic E-state index is 13.4. The summed E-state index contributed by atoms with van der Waals surface area (Å²) in [6.45, 7) is 1.70. The van der Waals surface area contributed by atoms with Crippen molar-refractivity contribution in [3.05, 3.63) is 35.6 Å². The van der Waals surface area contributed by atoms with Gasteiger partial charge < -0.3 is 4.90 Å². The number of halogens is 1. The van der Waals surface area contributed by atoms with Crippen LogP contribution in [-0.4, -0.2) is 60.8 Å². The Labute approximate surface area is 147 Å². The molecule has 2 saturated heterocycles. The van der Waals surface area contributed by atoms with Crippen molar-refractivity contribution in [3.63, 3.8) is 0 Å². The van der Waals surface area contributed by atoms with Crippen molar-refractivity contribution in [2.24, 2.45) is 5.92 Å². The summed E-state index contributed by atoms with van der Waals surface area (Å²) in [6, 6.07) is 5.97. The molecule has 3 aliphatic rings. The topological polar surface area (TPSA) is 57.7 Å². The number of carbonyl (C=O) groups is 1. The van der Waals surface area contributed by atoms with E-state index in [1.54, 1.807) is 6.07 Å². The average molecular weight is 366 g/mol. The van der Waals surface area contributed by atoms with Gasteiger partial charge in [0.15, 0.2) is 9.84 Å². The molecule has 5 nitrogen and oxygen atoms in total. The molecule has 0 unspecified atom stereocenters. The second-order valence-corrected chi connectivity index (χ2v) is 9.63. The van der Waals surface area contributed by atoms with E-state index in [0.717, 1.165) is 24.8 Å². The van der Waals surface area contributed by atoms with Gasteiger partial charge in [-0.05, 0) is 30.5 Å². The van der Waals surface area contributed by atoms with Crippen LogP contribution in [0, 0.1) is 11.7 Å². The van der Waals surface area contributed by atoms with Crippen LogP contribution in [0.1, 0.15) is 24.8 Å². The van der Waals surface area contributed by atoms with Crippen LogP contribution >= 0.6 is 0 Å². The molecule has 25 heavy (non-hydrogen) atoms. The summed E-state index contributed by atoms with van der Waals surface area (Å²) in [4.78, 5) is 16.6. The number of hydrogen-bond acceptors (Lipinski definition) is 4. The molecule has 0 aromatic heterocycles. The number of carbonyl (C=O) groups excluding carboxylic acids is 1. The molecule has 1 saturated carbocycles. The predicted molar refractivity (Wildman–Crippen MR) is 92.1 cm³/mol. The molecular formula is C18H23FN2O3S. The number of nitrogens with zero attached hydrogens (tertiary/aromatic N) is 2. The number of benzene rings is 1. The van der Waals surface area contributed by atoms with Gasteiger partial charge in [-0.1, -0.05) is 18.6 Å². The van der Waals surface area contributed by atoms with Gasteiger partial charge in [0.25, 0.3) is 0 Å². The summed E-state index contributed by atoms with van der Waals surface area (Å²) in [6.07, 6.45) is 2.93. The Balaban J connectivity index is 1.55. The SMILES string of the molecule is O=C(C1CCC1)N1CCN(Cc2cccc(F)c2)[C@@H]2CS(=O)(=O)C[C@@H]21. The lowest BCUT2D eigenvalue weighted by Gasteiger charge is -2.45. The molecule has 0 radical (unpaired) electrons. The molecule has 2 atom stereocenters. The zero-order valence-corrected chi connectivity index (χ0v) is 14.9. The fraction of sp³-hybridized carbons (Fsp3) is 0.611. The molecule has 136 valence electrons. The molecule has 1 aromatic carbocycles. The number of fused-ring (bicyclic) bond motifs is 1. The summed E-state index contributed by atoms with van der Waals surface area (Å²) in [5.41, 5.74) is 0.835. The Bertz CT molecular complexity index is 778. The lowest BCUT2D eigenvalue weighted by atomic mass is 9.83. The Kier molecular flexibility index (Phi) is 4.32. The number of hydrogen-bond donors (Lipinski definition) is 0. The van der Waals surface area contributed by atoms with Gasteiger partial charge in [-0.15, -0.1) is 0 Å². The Morgan fingerprint density at radius 3 is 2.60 bits per heavy atom. The van der Waals surface area contributed by atoms with Crippen LogP contribution in [-0.2, 0) is 21.2 Å². The minimum atomic E-state index is -3.15. The van der Waals surface area contributed by atoms with Gasteiger partial charge in [0.2, 0.25) is 5.91 Å². The van der Waals surface area contributed by atoms with Crippen molar-refractivity contribution < 1.29 is 17.6 Å². The van der Waals surface area contributed by atoms with Crippen LogP contribution < -0.4 is 0 Å². The zero-order chi connectivity index (χ0) is 17.6. The van der Waals surface area contributed by atoms with Crippen molar-refractivity contribution >= 4 is 15.7 Å². The highest BCUT2D eigenvalue weighted by Crippen LogP contribution is 2.33. The van der Waals surface area contributed by atoms with E-state index < -0.39 is 9.84 Å². The third-order valence-corrected chi connectivity index (χ3v) is 7.50. The fourth-order valence-corrected chi connectivity index (χ4v) is 6.27. The monoisotopic (exact) mass is 366 g/mol. The van der Waals surface area contributed by atoms with Crippen LogP contribution in [0.2, 0.25) is 0 Å². The number of sulfone groups is 1. The third kappa shape index (κ3) is 3.31. The molecule has 4 rings (SSSR count). The van der Waals surface area contributed by atoms with Crippen molar-refractivity contribution in [2.45, 2.75) is 37.9 Å². The summed E-state index contributed by atoms with van der Waals surface area (Å²) in [7, 11) is -3.15. The Morgan fingerprint density at radius 1 is 1.16 bits per heavy atom. The first kappa shape index (κ1) is 17.0. The molecule has 0 N–H and O–H groups in total. The van der Waals surface area contributed by atoms with Crippen LogP contribution in [0.5, 0.6) is 0 Å². The molecule has 0 bridgehead atoms. The van der Waals surface area contributed by atoms with Gasteiger partial charge >= 0.3 is 0 Å². The second-order valence-electron chi connectivity index (χ2n) is 7.47. The molecule has 2 aliphatic heterocycles. The summed E-state index contributed by atoms with van der Waals surface area (Å²) < 4.78 is 37.9. The minimum absolute atomic E-state index is 0.0514. The third-order valence-electron chi connectivity index (χ3n) is 5.80. The summed E-state index contributed by atoms with van der Waals surface area (Å²) in [5, 5.41) is 0. The van der Waals surface area contributed by atoms with Gasteiger partial charge in [-0.25, -0.2) is 12.8 Å². The first-order valence-corrected chi connectivity index (χ1v) is 10.7. The molecule has 0 spiro atoms. The van der Waals surface area contributed by atoms with E-state index in [2.05, 4.69) is 4.90 Å². The highest BCUT2D eigenvalue weighted by molar-refractivity contribution is 7.91. The molecule has 7 heteroatoms. The highest BCUT2D eigenvalue weighted by atomic mass is 32.2. The second kappa shape index (κ2) is 6.36. The summed E-state index contributed by atoms with van der Waals surface area (Å²) >= 11 is 0. The van der Waals surface area contributed by atoms with Gasteiger partial charge in [0.05, 0.1) is 17.5 Å². The Hall–Kier alpha value is -1.47. The van der Waals surface area contributed by atoms with Gasteiger partial charge in [-0.2, -0.15) is 0 Å². The van der Waals surface area contributed by atoms with E-state index in [1.807, 2.05) is 11.0 Å². The van der Waals surface area contributed by atoms with Crippen molar-refractivity contribution in [2.75, 3.05) is 24.6 Å². The van der Waals surface area contributed by atoms with E-state index in [9.17, 15) is 17.6 Å². The van der Waals surface area contributed by atoms with Crippen LogP contribution in [0.3, 0.4) is 0 Å². The largest absolute Gasteiger partial charge is 0.336 e. The van der Waals surface area contributed by atoms with Crippen LogP contribution in [0.4, 0.5) is 4.39 Å². The smallest absolute Gasteiger partial charge is 0.226 e. The maximum Gasteiger partial charge on any atom is 0.226 e. The number of piperazine rings is 1. The molecular weight excluding hydrogens is 343 g/mol. The van der Waals surface area contributed by atoms with E-state index >= 15 is 0 Å². The predicted octanol–water partition coefficient (Wildman–Crippen LogP) is 1.44. The van der Waals surface area contributed by atoms with E-state index in [-0.39, 0.29) is 41.2 Å². The van der Waals surface area contributed by atoms with Crippen LogP contribution in [0.25, 0.3) is 0 Å². The molecule has 1 aliphatic carbocycles. The molecule has 1 aromatic rings. The van der Waals surface area contributed by atoms with Crippen molar-refractivity contribution in [1.29, 1.82) is 0 Å². The van der Waals surface area contributed by atoms with E-state index in [1.165, 1.54) is 12.1 Å². The molecule has 2 heterocycles. The number of rotatable bonds is 3. The van der Waals surface area contributed by atoms with Crippen molar-refractivity contribution in [1.82, 2.24) is 9.80 Å². The van der Waals surface area contributed by atoms with Gasteiger partial charge in [-0.3, -0.25) is 9.69 Å². The molecule has 1 amide bonds. The minimum Gasteiger partial charge on any atom is -0.336 e. The van der Waals surface area contributed by atoms with E-state index in [0.29, 0.717) is 19.6 Å². The normalized spacial score (nSPS) is 29.2. The first-order valence-electron chi connectivity index (χ1n) is 8.92. The van der Waals surface area contributed by atoms with Crippen LogP contribution in [0.15, 0.2) is 24.3 Å². The number of amides is 1. The maximum atomic E-state index is 13.4. The molecule has 3 fully saturated rings. The lowest BCUT2D eigenvalue weighted by molar-refractivity contribution is -0.144. The summed E-state index contributed by atoms with van der Waals surface area (Å²) in [5.74, 6) is 0.0615. The lowest BCUT2D eigenvalue weighted by Crippen LogP contribution is -2.61.